The van der Waals surface area contributed by atoms with Crippen LogP contribution in [0.4, 0.5) is 0 Å². The molecule has 0 bridgehead atoms. The van der Waals surface area contributed by atoms with Crippen LogP contribution in [-0.2, 0) is 4.79 Å². The maximum atomic E-state index is 13.3. The van der Waals surface area contributed by atoms with Crippen molar-refractivity contribution in [1.29, 1.82) is 0 Å². The fourth-order valence-corrected chi connectivity index (χ4v) is 4.68. The summed E-state index contributed by atoms with van der Waals surface area (Å²) < 4.78 is 6.32. The molecule has 1 atom stereocenters. The van der Waals surface area contributed by atoms with Crippen LogP contribution in [0.1, 0.15) is 43.7 Å². The minimum atomic E-state index is -0.210. The van der Waals surface area contributed by atoms with Gasteiger partial charge in [-0.05, 0) is 39.9 Å². The van der Waals surface area contributed by atoms with Crippen molar-refractivity contribution in [3.63, 3.8) is 0 Å². The molecule has 150 valence electrons. The minimum Gasteiger partial charge on any atom is -0.508 e. The van der Waals surface area contributed by atoms with E-state index in [1.807, 2.05) is 48.5 Å². The first-order valence-corrected chi connectivity index (χ1v) is 10.3. The van der Waals surface area contributed by atoms with Crippen molar-refractivity contribution in [3.05, 3.63) is 89.2 Å². The Morgan fingerprint density at radius 3 is 2.60 bits per heavy atom. The number of carbonyl (C=O) groups is 1. The number of allylic oxidation sites excluding steroid dienone is 3. The highest BCUT2D eigenvalue weighted by Crippen LogP contribution is 2.50. The maximum absolute atomic E-state index is 13.3. The summed E-state index contributed by atoms with van der Waals surface area (Å²) in [6, 6.07) is 19.4. The third kappa shape index (κ3) is 3.21. The van der Waals surface area contributed by atoms with Gasteiger partial charge in [-0.3, -0.25) is 4.79 Å². The molecule has 0 radical (unpaired) electrons. The average molecular weight is 396 g/mol. The van der Waals surface area contributed by atoms with Crippen LogP contribution in [0.5, 0.6) is 11.5 Å². The van der Waals surface area contributed by atoms with E-state index in [2.05, 4.69) is 26.0 Å². The molecule has 0 spiro atoms. The molecule has 3 nitrogen and oxygen atoms in total. The molecule has 3 aromatic carbocycles. The van der Waals surface area contributed by atoms with E-state index in [9.17, 15) is 9.90 Å². The molecule has 0 saturated heterocycles. The Kier molecular flexibility index (Phi) is 4.28. The van der Waals surface area contributed by atoms with Gasteiger partial charge in [0.2, 0.25) is 0 Å². The van der Waals surface area contributed by atoms with Crippen molar-refractivity contribution < 1.29 is 14.6 Å². The molecule has 0 aromatic heterocycles. The zero-order chi connectivity index (χ0) is 20.9. The lowest BCUT2D eigenvalue weighted by molar-refractivity contribution is -0.118. The number of ether oxygens (including phenoxy) is 1. The Balaban J connectivity index is 1.73. The van der Waals surface area contributed by atoms with Crippen molar-refractivity contribution in [2.24, 2.45) is 5.41 Å². The first-order valence-electron chi connectivity index (χ1n) is 10.3. The van der Waals surface area contributed by atoms with Gasteiger partial charge < -0.3 is 9.84 Å². The monoisotopic (exact) mass is 396 g/mol. The second-order valence-electron chi connectivity index (χ2n) is 9.01. The number of hydrogen-bond donors (Lipinski definition) is 1. The van der Waals surface area contributed by atoms with E-state index in [4.69, 9.17) is 4.74 Å². The van der Waals surface area contributed by atoms with Crippen LogP contribution in [-0.4, -0.2) is 10.9 Å². The SMILES string of the molecule is CC1(C)CC(=O)C2=C(C1)Oc1ccc3ccc(O)cc3c1C2/C=C/c1ccccc1. The highest BCUT2D eigenvalue weighted by Gasteiger charge is 2.41. The quantitative estimate of drug-likeness (QED) is 0.547. The Morgan fingerprint density at radius 1 is 1.03 bits per heavy atom. The summed E-state index contributed by atoms with van der Waals surface area (Å²) in [7, 11) is 0. The van der Waals surface area contributed by atoms with E-state index in [1.165, 1.54) is 0 Å². The van der Waals surface area contributed by atoms with Gasteiger partial charge in [-0.25, -0.2) is 0 Å². The van der Waals surface area contributed by atoms with E-state index in [0.717, 1.165) is 45.4 Å². The van der Waals surface area contributed by atoms with Crippen molar-refractivity contribution in [2.45, 2.75) is 32.6 Å². The van der Waals surface area contributed by atoms with Gasteiger partial charge >= 0.3 is 0 Å². The summed E-state index contributed by atoms with van der Waals surface area (Å²) in [6.45, 7) is 4.22. The van der Waals surface area contributed by atoms with Gasteiger partial charge in [-0.1, -0.05) is 68.5 Å². The van der Waals surface area contributed by atoms with E-state index < -0.39 is 0 Å². The number of phenols is 1. The average Bonchev–Trinajstić information content (AvgIpc) is 2.70. The van der Waals surface area contributed by atoms with Gasteiger partial charge in [0.25, 0.3) is 0 Å². The summed E-state index contributed by atoms with van der Waals surface area (Å²) in [5, 5.41) is 12.1. The van der Waals surface area contributed by atoms with Gasteiger partial charge in [0.15, 0.2) is 5.78 Å². The van der Waals surface area contributed by atoms with Crippen LogP contribution in [0.15, 0.2) is 78.1 Å². The van der Waals surface area contributed by atoms with Crippen molar-refractivity contribution >= 4 is 22.6 Å². The largest absolute Gasteiger partial charge is 0.508 e. The maximum Gasteiger partial charge on any atom is 0.163 e. The topological polar surface area (TPSA) is 46.5 Å². The number of carbonyl (C=O) groups excluding carboxylic acids is 1. The van der Waals surface area contributed by atoms with E-state index in [-0.39, 0.29) is 22.9 Å². The Labute approximate surface area is 176 Å². The first kappa shape index (κ1) is 18.7. The van der Waals surface area contributed by atoms with Crippen LogP contribution in [0, 0.1) is 5.41 Å². The molecule has 1 aliphatic heterocycles. The van der Waals surface area contributed by atoms with Crippen LogP contribution in [0.2, 0.25) is 0 Å². The van der Waals surface area contributed by atoms with Gasteiger partial charge in [-0.2, -0.15) is 0 Å². The number of rotatable bonds is 2. The number of ketones is 1. The lowest BCUT2D eigenvalue weighted by Crippen LogP contribution is -2.32. The summed E-state index contributed by atoms with van der Waals surface area (Å²) in [5.41, 5.74) is 2.67. The predicted molar refractivity (Wildman–Crippen MR) is 120 cm³/mol. The first-order chi connectivity index (χ1) is 14.4. The molecule has 0 fully saturated rings. The Hall–Kier alpha value is -3.33. The van der Waals surface area contributed by atoms with Crippen LogP contribution in [0.25, 0.3) is 16.8 Å². The number of hydrogen-bond acceptors (Lipinski definition) is 3. The third-order valence-electron chi connectivity index (χ3n) is 6.02. The number of Topliss-reactive ketones (excluding diaryl/α,β-unsaturated/α-hetero) is 1. The number of aromatic hydroxyl groups is 1. The zero-order valence-corrected chi connectivity index (χ0v) is 17.2. The third-order valence-corrected chi connectivity index (χ3v) is 6.02. The van der Waals surface area contributed by atoms with Gasteiger partial charge in [0, 0.05) is 29.9 Å². The molecule has 0 amide bonds. The molecule has 1 heterocycles. The Bertz CT molecular complexity index is 1220. The second-order valence-corrected chi connectivity index (χ2v) is 9.01. The number of benzene rings is 3. The highest BCUT2D eigenvalue weighted by atomic mass is 16.5. The summed E-state index contributed by atoms with van der Waals surface area (Å²) >= 11 is 0. The minimum absolute atomic E-state index is 0.115. The molecular weight excluding hydrogens is 372 g/mol. The molecular formula is C27H24O3. The van der Waals surface area contributed by atoms with Crippen molar-refractivity contribution in [2.75, 3.05) is 0 Å². The van der Waals surface area contributed by atoms with Crippen molar-refractivity contribution in [3.8, 4) is 11.5 Å². The van der Waals surface area contributed by atoms with E-state index in [0.29, 0.717) is 6.42 Å². The molecule has 0 saturated carbocycles. The van der Waals surface area contributed by atoms with Crippen molar-refractivity contribution in [1.82, 2.24) is 0 Å². The normalized spacial score (nSPS) is 20.2. The fourth-order valence-electron chi connectivity index (χ4n) is 4.68. The molecule has 1 aliphatic carbocycles. The van der Waals surface area contributed by atoms with E-state index in [1.54, 1.807) is 12.1 Å². The lowest BCUT2D eigenvalue weighted by atomic mass is 9.71. The van der Waals surface area contributed by atoms with E-state index >= 15 is 0 Å². The lowest BCUT2D eigenvalue weighted by Gasteiger charge is -2.37. The smallest absolute Gasteiger partial charge is 0.163 e. The standard InChI is InChI=1S/C27H24O3/c1-27(2)15-22(29)26-20(12-8-17-6-4-3-5-7-17)25-21-14-19(28)11-9-18(21)10-13-23(25)30-24(26)16-27/h3-14,20,28H,15-16H2,1-2H3/b12-8+. The molecule has 2 aliphatic rings. The van der Waals surface area contributed by atoms with Crippen LogP contribution in [0.3, 0.4) is 0 Å². The second kappa shape index (κ2) is 6.88. The summed E-state index contributed by atoms with van der Waals surface area (Å²) in [5.74, 6) is 1.69. The zero-order valence-electron chi connectivity index (χ0n) is 17.2. The number of phenolic OH excluding ortho intramolecular Hbond substituents is 1. The van der Waals surface area contributed by atoms with Gasteiger partial charge in [0.05, 0.1) is 0 Å². The highest BCUT2D eigenvalue weighted by molar-refractivity contribution is 6.02. The molecule has 1 unspecified atom stereocenters. The molecule has 1 N–H and O–H groups in total. The number of fused-ring (bicyclic) bond motifs is 3. The fraction of sp³-hybridized carbons (Fsp3) is 0.222. The van der Waals surface area contributed by atoms with Gasteiger partial charge in [-0.15, -0.1) is 0 Å². The molecule has 3 heteroatoms. The molecule has 30 heavy (non-hydrogen) atoms. The van der Waals surface area contributed by atoms with Crippen LogP contribution < -0.4 is 4.74 Å². The Morgan fingerprint density at radius 2 is 1.80 bits per heavy atom. The predicted octanol–water partition coefficient (Wildman–Crippen LogP) is 6.38. The van der Waals surface area contributed by atoms with Crippen LogP contribution >= 0.6 is 0 Å². The molecule has 5 rings (SSSR count). The molecule has 3 aromatic rings. The summed E-state index contributed by atoms with van der Waals surface area (Å²) in [6.07, 6.45) is 5.42. The van der Waals surface area contributed by atoms with Gasteiger partial charge in [0.1, 0.15) is 17.3 Å². The summed E-state index contributed by atoms with van der Waals surface area (Å²) in [4.78, 5) is 13.3.